The van der Waals surface area contributed by atoms with E-state index in [0.29, 0.717) is 12.8 Å². The third kappa shape index (κ3) is 2.90. The first-order chi connectivity index (χ1) is 7.37. The van der Waals surface area contributed by atoms with Gasteiger partial charge in [0.05, 0.1) is 12.5 Å². The van der Waals surface area contributed by atoms with Gasteiger partial charge in [0.2, 0.25) is 5.78 Å². The fourth-order valence-corrected chi connectivity index (χ4v) is 1.99. The summed E-state index contributed by atoms with van der Waals surface area (Å²) in [6, 6.07) is 0. The second kappa shape index (κ2) is 4.76. The molecular formula is C12H18O4. The second-order valence-corrected chi connectivity index (χ2v) is 4.97. The van der Waals surface area contributed by atoms with Crippen LogP contribution in [0.3, 0.4) is 0 Å². The van der Waals surface area contributed by atoms with Crippen LogP contribution in [0, 0.1) is 11.3 Å². The summed E-state index contributed by atoms with van der Waals surface area (Å²) in [4.78, 5) is 34.6. The van der Waals surface area contributed by atoms with Crippen molar-refractivity contribution < 1.29 is 19.1 Å². The SMILES string of the molecule is CCOC(=O)C(=O)C1CC(C)(C)CCC1=O. The molecule has 0 N–H and O–H groups in total. The first-order valence-corrected chi connectivity index (χ1v) is 5.61. The largest absolute Gasteiger partial charge is 0.460 e. The Hall–Kier alpha value is -1.19. The van der Waals surface area contributed by atoms with Gasteiger partial charge in [0, 0.05) is 6.42 Å². The second-order valence-electron chi connectivity index (χ2n) is 4.97. The summed E-state index contributed by atoms with van der Waals surface area (Å²) in [5, 5.41) is 0. The van der Waals surface area contributed by atoms with Gasteiger partial charge in [-0.2, -0.15) is 0 Å². The Morgan fingerprint density at radius 1 is 1.44 bits per heavy atom. The molecule has 0 aliphatic heterocycles. The normalized spacial score (nSPS) is 23.9. The molecule has 1 aliphatic rings. The minimum Gasteiger partial charge on any atom is -0.460 e. The van der Waals surface area contributed by atoms with Crippen LogP contribution in [0.2, 0.25) is 0 Å². The molecule has 1 unspecified atom stereocenters. The molecule has 1 fully saturated rings. The lowest BCUT2D eigenvalue weighted by atomic mass is 9.70. The Morgan fingerprint density at radius 3 is 2.62 bits per heavy atom. The van der Waals surface area contributed by atoms with Crippen molar-refractivity contribution in [3.63, 3.8) is 0 Å². The van der Waals surface area contributed by atoms with Crippen LogP contribution in [0.1, 0.15) is 40.0 Å². The zero-order valence-corrected chi connectivity index (χ0v) is 10.0. The van der Waals surface area contributed by atoms with Crippen molar-refractivity contribution in [2.45, 2.75) is 40.0 Å². The van der Waals surface area contributed by atoms with Gasteiger partial charge in [-0.3, -0.25) is 9.59 Å². The molecule has 0 radical (unpaired) electrons. The molecule has 1 rings (SSSR count). The maximum absolute atomic E-state index is 11.7. The summed E-state index contributed by atoms with van der Waals surface area (Å²) in [6.45, 7) is 5.81. The van der Waals surface area contributed by atoms with Crippen LogP contribution in [0.15, 0.2) is 0 Å². The number of carbonyl (C=O) groups is 3. The van der Waals surface area contributed by atoms with Gasteiger partial charge >= 0.3 is 5.97 Å². The Labute approximate surface area is 95.3 Å². The highest BCUT2D eigenvalue weighted by Gasteiger charge is 2.40. The summed E-state index contributed by atoms with van der Waals surface area (Å²) in [5.41, 5.74) is -0.0548. The number of ketones is 2. The monoisotopic (exact) mass is 226 g/mol. The van der Waals surface area contributed by atoms with E-state index in [2.05, 4.69) is 4.74 Å². The fraction of sp³-hybridized carbons (Fsp3) is 0.750. The predicted octanol–water partition coefficient (Wildman–Crippen LogP) is 1.51. The molecule has 0 aromatic heterocycles. The van der Waals surface area contributed by atoms with Gasteiger partial charge < -0.3 is 4.74 Å². The van der Waals surface area contributed by atoms with Crippen molar-refractivity contribution in [2.24, 2.45) is 11.3 Å². The third-order valence-electron chi connectivity index (χ3n) is 2.99. The molecule has 0 heterocycles. The molecule has 4 heteroatoms. The van der Waals surface area contributed by atoms with Crippen molar-refractivity contribution in [1.29, 1.82) is 0 Å². The van der Waals surface area contributed by atoms with Crippen LogP contribution in [-0.4, -0.2) is 24.1 Å². The van der Waals surface area contributed by atoms with Crippen molar-refractivity contribution >= 4 is 17.5 Å². The van der Waals surface area contributed by atoms with Crippen molar-refractivity contribution in [2.75, 3.05) is 6.61 Å². The highest BCUT2D eigenvalue weighted by Crippen LogP contribution is 2.37. The predicted molar refractivity (Wildman–Crippen MR) is 57.8 cm³/mol. The zero-order valence-electron chi connectivity index (χ0n) is 10.0. The molecule has 0 aromatic rings. The lowest BCUT2D eigenvalue weighted by Crippen LogP contribution is -2.38. The van der Waals surface area contributed by atoms with Crippen LogP contribution >= 0.6 is 0 Å². The number of hydrogen-bond donors (Lipinski definition) is 0. The summed E-state index contributed by atoms with van der Waals surface area (Å²) < 4.78 is 4.63. The minimum absolute atomic E-state index is 0.0548. The highest BCUT2D eigenvalue weighted by atomic mass is 16.5. The Morgan fingerprint density at radius 2 is 2.06 bits per heavy atom. The third-order valence-corrected chi connectivity index (χ3v) is 2.99. The quantitative estimate of drug-likeness (QED) is 0.416. The van der Waals surface area contributed by atoms with E-state index >= 15 is 0 Å². The van der Waals surface area contributed by atoms with E-state index in [-0.39, 0.29) is 17.8 Å². The Balaban J connectivity index is 2.74. The highest BCUT2D eigenvalue weighted by molar-refractivity contribution is 6.38. The summed E-state index contributed by atoms with van der Waals surface area (Å²) in [5.74, 6) is -2.47. The van der Waals surface area contributed by atoms with Gasteiger partial charge in [-0.05, 0) is 25.2 Å². The molecule has 1 saturated carbocycles. The van der Waals surface area contributed by atoms with Gasteiger partial charge in [-0.25, -0.2) is 4.79 Å². The van der Waals surface area contributed by atoms with Crippen molar-refractivity contribution in [3.05, 3.63) is 0 Å². The van der Waals surface area contributed by atoms with Crippen LogP contribution in [0.25, 0.3) is 0 Å². The van der Waals surface area contributed by atoms with E-state index in [4.69, 9.17) is 0 Å². The standard InChI is InChI=1S/C12H18O4/c1-4-16-11(15)10(14)8-7-12(2,3)6-5-9(8)13/h8H,4-7H2,1-3H3. The number of Topliss-reactive ketones (excluding diaryl/α,β-unsaturated/α-hetero) is 2. The lowest BCUT2D eigenvalue weighted by molar-refractivity contribution is -0.158. The van der Waals surface area contributed by atoms with Gasteiger partial charge in [-0.15, -0.1) is 0 Å². The smallest absolute Gasteiger partial charge is 0.375 e. The minimum atomic E-state index is -0.876. The first-order valence-electron chi connectivity index (χ1n) is 5.61. The molecule has 1 atom stereocenters. The van der Waals surface area contributed by atoms with Gasteiger partial charge in [-0.1, -0.05) is 13.8 Å². The van der Waals surface area contributed by atoms with E-state index < -0.39 is 17.7 Å². The average molecular weight is 226 g/mol. The molecule has 90 valence electrons. The fourth-order valence-electron chi connectivity index (χ4n) is 1.99. The Kier molecular flexibility index (Phi) is 3.83. The summed E-state index contributed by atoms with van der Waals surface area (Å²) in [7, 11) is 0. The van der Waals surface area contributed by atoms with Gasteiger partial charge in [0.25, 0.3) is 0 Å². The van der Waals surface area contributed by atoms with E-state index in [1.54, 1.807) is 6.92 Å². The molecule has 0 saturated heterocycles. The molecule has 0 bridgehead atoms. The molecule has 1 aliphatic carbocycles. The average Bonchev–Trinajstić information content (AvgIpc) is 2.21. The van der Waals surface area contributed by atoms with E-state index in [1.165, 1.54) is 0 Å². The maximum Gasteiger partial charge on any atom is 0.375 e. The topological polar surface area (TPSA) is 60.4 Å². The molecule has 4 nitrogen and oxygen atoms in total. The molecular weight excluding hydrogens is 208 g/mol. The van der Waals surface area contributed by atoms with Gasteiger partial charge in [0.1, 0.15) is 5.78 Å². The lowest BCUT2D eigenvalue weighted by Gasteiger charge is -2.32. The van der Waals surface area contributed by atoms with E-state index in [1.807, 2.05) is 13.8 Å². The van der Waals surface area contributed by atoms with Crippen molar-refractivity contribution in [1.82, 2.24) is 0 Å². The number of ether oxygens (including phenoxy) is 1. The summed E-state index contributed by atoms with van der Waals surface area (Å²) >= 11 is 0. The first kappa shape index (κ1) is 12.9. The van der Waals surface area contributed by atoms with Crippen LogP contribution in [-0.2, 0) is 19.1 Å². The summed E-state index contributed by atoms with van der Waals surface area (Å²) in [6.07, 6.45) is 1.60. The van der Waals surface area contributed by atoms with Crippen molar-refractivity contribution in [3.8, 4) is 0 Å². The molecule has 0 spiro atoms. The molecule has 16 heavy (non-hydrogen) atoms. The van der Waals surface area contributed by atoms with Crippen LogP contribution in [0.4, 0.5) is 0 Å². The Bertz CT molecular complexity index is 317. The van der Waals surface area contributed by atoms with Crippen LogP contribution < -0.4 is 0 Å². The molecule has 0 aromatic carbocycles. The van der Waals surface area contributed by atoms with Crippen LogP contribution in [0.5, 0.6) is 0 Å². The van der Waals surface area contributed by atoms with Gasteiger partial charge in [0.15, 0.2) is 0 Å². The van der Waals surface area contributed by atoms with E-state index in [9.17, 15) is 14.4 Å². The molecule has 0 amide bonds. The maximum atomic E-state index is 11.7. The number of esters is 1. The zero-order chi connectivity index (χ0) is 12.3. The number of carbonyl (C=O) groups excluding carboxylic acids is 3. The number of rotatable bonds is 3. The van der Waals surface area contributed by atoms with E-state index in [0.717, 1.165) is 6.42 Å². The number of hydrogen-bond acceptors (Lipinski definition) is 4.